The molecule has 1 amide bonds. The number of amides is 1. The highest BCUT2D eigenvalue weighted by molar-refractivity contribution is 7.86. The number of rotatable bonds is 10. The number of para-hydroxylation sites is 1. The Labute approximate surface area is 281 Å². The average Bonchev–Trinajstić information content (AvgIpc) is 3.08. The van der Waals surface area contributed by atoms with Crippen molar-refractivity contribution in [3.8, 4) is 22.6 Å². The summed E-state index contributed by atoms with van der Waals surface area (Å²) in [7, 11) is -1.90. The molecule has 2 fully saturated rings. The number of ether oxygens (including phenoxy) is 2. The maximum atomic E-state index is 13.6. The molecular formula is C35H32FNO11S. The third kappa shape index (κ3) is 6.79. The number of aliphatic hydroxyl groups excluding tert-OH is 4. The molecule has 6 rings (SSSR count). The van der Waals surface area contributed by atoms with Gasteiger partial charge in [-0.25, -0.2) is 9.18 Å². The first-order chi connectivity index (χ1) is 23.4. The second-order valence-corrected chi connectivity index (χ2v) is 13.3. The van der Waals surface area contributed by atoms with Crippen LogP contribution >= 0.6 is 0 Å². The summed E-state index contributed by atoms with van der Waals surface area (Å²) < 4.78 is 37.9. The van der Waals surface area contributed by atoms with E-state index < -0.39 is 76.6 Å². The summed E-state index contributed by atoms with van der Waals surface area (Å²) in [6.07, 6.45) is -10.2. The van der Waals surface area contributed by atoms with Crippen LogP contribution in [-0.4, -0.2) is 88.4 Å². The van der Waals surface area contributed by atoms with E-state index >= 15 is 0 Å². The number of aliphatic hydroxyl groups is 4. The Morgan fingerprint density at radius 3 is 2.27 bits per heavy atom. The molecular weight excluding hydrogens is 661 g/mol. The number of aliphatic carboxylic acids is 1. The van der Waals surface area contributed by atoms with Gasteiger partial charge in [0.15, 0.2) is 6.10 Å². The summed E-state index contributed by atoms with van der Waals surface area (Å²) in [5.74, 6) is -2.89. The first-order valence-corrected chi connectivity index (χ1v) is 16.5. The topological polar surface area (TPSA) is 194 Å². The normalized spacial score (nSPS) is 26.4. The van der Waals surface area contributed by atoms with Crippen LogP contribution < -0.4 is 9.64 Å². The van der Waals surface area contributed by atoms with Crippen molar-refractivity contribution in [2.45, 2.75) is 48.1 Å². The predicted octanol–water partition coefficient (Wildman–Crippen LogP) is 2.41. The summed E-state index contributed by atoms with van der Waals surface area (Å²) in [5, 5.41) is 60.7. The van der Waals surface area contributed by atoms with E-state index in [1.807, 2.05) is 0 Å². The molecule has 4 aromatic carbocycles. The van der Waals surface area contributed by atoms with E-state index in [0.29, 0.717) is 27.9 Å². The van der Waals surface area contributed by atoms with Crippen molar-refractivity contribution in [1.29, 1.82) is 0 Å². The van der Waals surface area contributed by atoms with Gasteiger partial charge < -0.3 is 45.0 Å². The van der Waals surface area contributed by atoms with Gasteiger partial charge in [-0.05, 0) is 59.2 Å². The highest BCUT2D eigenvalue weighted by atomic mass is 32.2. The molecule has 0 aromatic heterocycles. The lowest BCUT2D eigenvalue weighted by Gasteiger charge is -2.47. The molecule has 0 aliphatic carbocycles. The predicted molar refractivity (Wildman–Crippen MR) is 173 cm³/mol. The van der Waals surface area contributed by atoms with Gasteiger partial charge in [-0.15, -0.1) is 0 Å². The van der Waals surface area contributed by atoms with E-state index in [9.17, 15) is 48.8 Å². The van der Waals surface area contributed by atoms with Crippen LogP contribution in [0.15, 0.2) is 97.1 Å². The number of aromatic hydroxyl groups is 1. The highest BCUT2D eigenvalue weighted by Gasteiger charge is 2.53. The van der Waals surface area contributed by atoms with Gasteiger partial charge in [-0.3, -0.25) is 9.00 Å². The summed E-state index contributed by atoms with van der Waals surface area (Å²) in [4.78, 5) is 26.4. The number of nitrogens with zero attached hydrogens (tertiary/aromatic N) is 1. The molecule has 49 heavy (non-hydrogen) atoms. The first kappa shape index (κ1) is 34.2. The Hall–Kier alpha value is -4.70. The molecule has 0 bridgehead atoms. The fourth-order valence-corrected chi connectivity index (χ4v) is 7.55. The zero-order chi connectivity index (χ0) is 35.0. The average molecular weight is 694 g/mol. The lowest BCUT2D eigenvalue weighted by molar-refractivity contribution is -0.271. The summed E-state index contributed by atoms with van der Waals surface area (Å²) in [5.41, 5.74) is 2.19. The Balaban J connectivity index is 1.25. The number of hydrogen-bond acceptors (Lipinski definition) is 10. The Morgan fingerprint density at radius 2 is 1.59 bits per heavy atom. The lowest BCUT2D eigenvalue weighted by Crippen LogP contribution is -2.61. The van der Waals surface area contributed by atoms with Crippen LogP contribution in [0.2, 0.25) is 0 Å². The van der Waals surface area contributed by atoms with Crippen molar-refractivity contribution in [2.75, 3.05) is 10.7 Å². The maximum Gasteiger partial charge on any atom is 0.335 e. The minimum Gasteiger partial charge on any atom is -0.508 e. The molecule has 0 spiro atoms. The van der Waals surface area contributed by atoms with Gasteiger partial charge in [0.25, 0.3) is 0 Å². The number of carboxylic acids is 1. The number of hydrogen-bond donors (Lipinski definition) is 6. The standard InChI is InChI=1S/C35H32FNO11S/c36-21-12-9-18(10-13-21)26(39)17-49(46)32-27(37(33(32)43)22-6-2-1-3-7-22)24-14-11-20(16-25(24)38)19-5-4-8-23(15-19)47-35-30(42)28(40)29(41)31(48-35)34(44)45/h1-16,26-32,35,38-42H,17H2,(H,44,45)/t26-,27+,28?,29-,30?,31?,32+,35+,49?/m0/s1. The van der Waals surface area contributed by atoms with E-state index in [0.717, 1.165) is 0 Å². The largest absolute Gasteiger partial charge is 0.508 e. The second kappa shape index (κ2) is 14.0. The highest BCUT2D eigenvalue weighted by Crippen LogP contribution is 2.46. The van der Waals surface area contributed by atoms with E-state index in [1.165, 1.54) is 47.4 Å². The van der Waals surface area contributed by atoms with Crippen molar-refractivity contribution in [3.05, 3.63) is 114 Å². The molecule has 2 aliphatic heterocycles. The molecule has 0 radical (unpaired) electrons. The third-order valence-electron chi connectivity index (χ3n) is 8.52. The zero-order valence-corrected chi connectivity index (χ0v) is 26.3. The van der Waals surface area contributed by atoms with Gasteiger partial charge in [0, 0.05) is 22.1 Å². The smallest absolute Gasteiger partial charge is 0.335 e. The van der Waals surface area contributed by atoms with Crippen LogP contribution in [-0.2, 0) is 25.1 Å². The minimum atomic E-state index is -1.90. The van der Waals surface area contributed by atoms with Gasteiger partial charge in [0.1, 0.15) is 40.9 Å². The number of benzene rings is 4. The first-order valence-electron chi connectivity index (χ1n) is 15.2. The van der Waals surface area contributed by atoms with Gasteiger partial charge in [0.05, 0.1) is 17.9 Å². The number of β-lactam (4-membered cyclic amide) rings is 1. The summed E-state index contributed by atoms with van der Waals surface area (Å²) >= 11 is 0. The van der Waals surface area contributed by atoms with Crippen LogP contribution in [0.3, 0.4) is 0 Å². The monoisotopic (exact) mass is 693 g/mol. The van der Waals surface area contributed by atoms with Gasteiger partial charge in [-0.2, -0.15) is 0 Å². The molecule has 9 atom stereocenters. The quantitative estimate of drug-likeness (QED) is 0.134. The van der Waals surface area contributed by atoms with E-state index in [2.05, 4.69) is 0 Å². The van der Waals surface area contributed by atoms with E-state index in [4.69, 9.17) is 9.47 Å². The molecule has 12 nitrogen and oxygen atoms in total. The van der Waals surface area contributed by atoms with Gasteiger partial charge >= 0.3 is 5.97 Å². The molecule has 14 heteroatoms. The van der Waals surface area contributed by atoms with Gasteiger partial charge in [0.2, 0.25) is 12.2 Å². The number of halogens is 1. The van der Waals surface area contributed by atoms with Crippen LogP contribution in [0.4, 0.5) is 10.1 Å². The Bertz CT molecular complexity index is 1860. The molecule has 4 aromatic rings. The molecule has 4 unspecified atom stereocenters. The minimum absolute atomic E-state index is 0.118. The maximum absolute atomic E-state index is 13.6. The SMILES string of the molecule is O=C(O)C1O[C@@H](Oc2cccc(-c3ccc([C@@H]4[C@@H](S(=O)C[C@H](O)c5ccc(F)cc5)C(=O)N4c4ccccc4)c(O)c3)c2)C(O)C(O)[C@@H]1O. The van der Waals surface area contributed by atoms with E-state index in [-0.39, 0.29) is 17.3 Å². The number of carbonyl (C=O) groups is 2. The molecule has 0 saturated carbocycles. The fourth-order valence-electron chi connectivity index (χ4n) is 5.94. The van der Waals surface area contributed by atoms with Crippen molar-refractivity contribution < 1.29 is 58.3 Å². The Morgan fingerprint density at radius 1 is 0.898 bits per heavy atom. The van der Waals surface area contributed by atoms with Crippen molar-refractivity contribution in [3.63, 3.8) is 0 Å². The van der Waals surface area contributed by atoms with Crippen LogP contribution in [0.5, 0.6) is 11.5 Å². The van der Waals surface area contributed by atoms with Crippen LogP contribution in [0.1, 0.15) is 23.3 Å². The summed E-state index contributed by atoms with van der Waals surface area (Å²) in [6, 6.07) is 23.9. The molecule has 2 saturated heterocycles. The van der Waals surface area contributed by atoms with Crippen molar-refractivity contribution in [2.24, 2.45) is 0 Å². The fraction of sp³-hybridized carbons (Fsp3) is 0.257. The van der Waals surface area contributed by atoms with Crippen LogP contribution in [0, 0.1) is 5.82 Å². The molecule has 2 heterocycles. The molecule has 6 N–H and O–H groups in total. The Kier molecular flexibility index (Phi) is 9.79. The van der Waals surface area contributed by atoms with Gasteiger partial charge in [-0.1, -0.05) is 54.6 Å². The number of phenols is 1. The number of anilines is 1. The number of phenolic OH excluding ortho intramolecular Hbond substituents is 1. The van der Waals surface area contributed by atoms with Crippen LogP contribution in [0.25, 0.3) is 11.1 Å². The molecule has 2 aliphatic rings. The molecule has 256 valence electrons. The van der Waals surface area contributed by atoms with Crippen molar-refractivity contribution >= 4 is 28.4 Å². The summed E-state index contributed by atoms with van der Waals surface area (Å²) in [6.45, 7) is 0. The number of carbonyl (C=O) groups excluding carboxylic acids is 1. The lowest BCUT2D eigenvalue weighted by atomic mass is 9.90. The second-order valence-electron chi connectivity index (χ2n) is 11.7. The van der Waals surface area contributed by atoms with Crippen molar-refractivity contribution in [1.82, 2.24) is 0 Å². The third-order valence-corrected chi connectivity index (χ3v) is 10.2. The zero-order valence-electron chi connectivity index (χ0n) is 25.5. The van der Waals surface area contributed by atoms with E-state index in [1.54, 1.807) is 54.6 Å². The number of carboxylic acid groups (broad SMARTS) is 1.